The van der Waals surface area contributed by atoms with Crippen molar-refractivity contribution in [1.29, 1.82) is 0 Å². The molecule has 0 amide bonds. The van der Waals surface area contributed by atoms with E-state index in [1.807, 2.05) is 24.3 Å². The Morgan fingerprint density at radius 3 is 2.38 bits per heavy atom. The van der Waals surface area contributed by atoms with E-state index in [0.29, 0.717) is 16.9 Å². The van der Waals surface area contributed by atoms with Gasteiger partial charge in [-0.3, -0.25) is 0 Å². The lowest BCUT2D eigenvalue weighted by molar-refractivity contribution is 0.137. The van der Waals surface area contributed by atoms with Crippen molar-refractivity contribution >= 4 is 11.6 Å². The molecule has 1 fully saturated rings. The number of hydrogen-bond donors (Lipinski definition) is 0. The van der Waals surface area contributed by atoms with E-state index in [9.17, 15) is 0 Å². The summed E-state index contributed by atoms with van der Waals surface area (Å²) in [6, 6.07) is 19.1. The predicted molar refractivity (Wildman–Crippen MR) is 131 cm³/mol. The molecule has 1 atom stereocenters. The maximum absolute atomic E-state index is 5.97. The Morgan fingerprint density at radius 1 is 0.969 bits per heavy atom. The Morgan fingerprint density at radius 2 is 1.69 bits per heavy atom. The molecule has 0 spiro atoms. The quantitative estimate of drug-likeness (QED) is 0.363. The van der Waals surface area contributed by atoms with Crippen LogP contribution in [0.3, 0.4) is 0 Å². The molecule has 5 heteroatoms. The minimum Gasteiger partial charge on any atom is -0.339 e. The number of rotatable bonds is 9. The van der Waals surface area contributed by atoms with Gasteiger partial charge in [0.05, 0.1) is 0 Å². The van der Waals surface area contributed by atoms with E-state index in [4.69, 9.17) is 16.1 Å². The van der Waals surface area contributed by atoms with Crippen LogP contribution >= 0.6 is 11.6 Å². The summed E-state index contributed by atoms with van der Waals surface area (Å²) in [6.45, 7) is 0. The second-order valence-electron chi connectivity index (χ2n) is 9.39. The Balaban J connectivity index is 1.24. The number of aryl methyl sites for hydroxylation is 2. The van der Waals surface area contributed by atoms with E-state index in [-0.39, 0.29) is 0 Å². The summed E-state index contributed by atoms with van der Waals surface area (Å²) in [4.78, 5) is 7.04. The molecule has 0 saturated heterocycles. The van der Waals surface area contributed by atoms with Gasteiger partial charge >= 0.3 is 0 Å². The van der Waals surface area contributed by atoms with Gasteiger partial charge in [0.1, 0.15) is 0 Å². The lowest BCUT2D eigenvalue weighted by Gasteiger charge is -2.37. The molecule has 170 valence electrons. The highest BCUT2D eigenvalue weighted by molar-refractivity contribution is 6.30. The largest absolute Gasteiger partial charge is 0.339 e. The molecule has 3 aromatic rings. The second kappa shape index (κ2) is 11.1. The average molecular weight is 452 g/mol. The van der Waals surface area contributed by atoms with Gasteiger partial charge in [0.15, 0.2) is 0 Å². The molecule has 0 N–H and O–H groups in total. The van der Waals surface area contributed by atoms with E-state index in [1.165, 1.54) is 37.7 Å². The Labute approximate surface area is 197 Å². The summed E-state index contributed by atoms with van der Waals surface area (Å²) in [5.74, 6) is 2.94. The Kier molecular flexibility index (Phi) is 7.99. The van der Waals surface area contributed by atoms with Crippen molar-refractivity contribution in [2.75, 3.05) is 14.1 Å². The van der Waals surface area contributed by atoms with Crippen molar-refractivity contribution in [3.05, 3.63) is 71.1 Å². The smallest absolute Gasteiger partial charge is 0.226 e. The van der Waals surface area contributed by atoms with Gasteiger partial charge in [0, 0.05) is 23.0 Å². The van der Waals surface area contributed by atoms with Gasteiger partial charge < -0.3 is 9.42 Å². The van der Waals surface area contributed by atoms with Crippen LogP contribution in [0.4, 0.5) is 0 Å². The molecule has 4 nitrogen and oxygen atoms in total. The molecule has 0 radical (unpaired) electrons. The summed E-state index contributed by atoms with van der Waals surface area (Å²) in [5, 5.41) is 4.86. The van der Waals surface area contributed by atoms with Crippen molar-refractivity contribution in [3.63, 3.8) is 0 Å². The summed E-state index contributed by atoms with van der Waals surface area (Å²) >= 11 is 5.97. The predicted octanol–water partition coefficient (Wildman–Crippen LogP) is 6.69. The van der Waals surface area contributed by atoms with Gasteiger partial charge in [-0.05, 0) is 87.9 Å². The van der Waals surface area contributed by atoms with Gasteiger partial charge in [-0.2, -0.15) is 4.98 Å². The van der Waals surface area contributed by atoms with Gasteiger partial charge in [-0.1, -0.05) is 59.9 Å². The first-order chi connectivity index (χ1) is 15.6. The topological polar surface area (TPSA) is 42.2 Å². The van der Waals surface area contributed by atoms with Gasteiger partial charge in [0.2, 0.25) is 11.7 Å². The molecule has 1 aromatic heterocycles. The number of nitrogens with zero attached hydrogens (tertiary/aromatic N) is 3. The van der Waals surface area contributed by atoms with Crippen LogP contribution in [0.5, 0.6) is 0 Å². The molecule has 32 heavy (non-hydrogen) atoms. The zero-order chi connectivity index (χ0) is 22.3. The Hall–Kier alpha value is -2.17. The summed E-state index contributed by atoms with van der Waals surface area (Å²) in [6.07, 6.45) is 9.65. The number of halogens is 1. The molecule has 1 aliphatic rings. The minimum absolute atomic E-state index is 0.646. The molecular weight excluding hydrogens is 418 g/mol. The van der Waals surface area contributed by atoms with Crippen LogP contribution in [0, 0.1) is 11.8 Å². The number of aromatic nitrogens is 2. The summed E-state index contributed by atoms with van der Waals surface area (Å²) in [7, 11) is 4.49. The molecule has 0 aliphatic heterocycles. The van der Waals surface area contributed by atoms with Crippen LogP contribution in [-0.2, 0) is 12.8 Å². The summed E-state index contributed by atoms with van der Waals surface area (Å²) < 4.78 is 5.50. The molecule has 1 unspecified atom stereocenters. The van der Waals surface area contributed by atoms with Crippen LogP contribution in [0.1, 0.15) is 50.0 Å². The minimum atomic E-state index is 0.646. The zero-order valence-electron chi connectivity index (χ0n) is 19.2. The molecule has 1 saturated carbocycles. The van der Waals surface area contributed by atoms with E-state index in [0.717, 1.165) is 42.6 Å². The third-order valence-electron chi connectivity index (χ3n) is 7.01. The molecule has 4 rings (SSSR count). The number of benzene rings is 2. The van der Waals surface area contributed by atoms with E-state index in [1.54, 1.807) is 0 Å². The highest BCUT2D eigenvalue weighted by atomic mass is 35.5. The molecular formula is C27H34ClN3O. The first-order valence-corrected chi connectivity index (χ1v) is 12.2. The molecule has 1 aliphatic carbocycles. The maximum Gasteiger partial charge on any atom is 0.226 e. The fourth-order valence-corrected chi connectivity index (χ4v) is 5.26. The van der Waals surface area contributed by atoms with Crippen molar-refractivity contribution < 1.29 is 4.52 Å². The standard InChI is InChI=1S/C27H34ClN3O/c1-31(2)25(18-10-20-6-4-3-5-7-20)22-12-8-21(9-13-22)11-19-26-29-27(30-32-26)23-14-16-24(28)17-15-23/h3-7,14-17,21-22,25H,8-13,18-19H2,1-2H3. The normalized spacial score (nSPS) is 19.9. The van der Waals surface area contributed by atoms with E-state index in [2.05, 4.69) is 59.5 Å². The molecule has 1 heterocycles. The van der Waals surface area contributed by atoms with Crippen LogP contribution in [-0.4, -0.2) is 35.2 Å². The fraction of sp³-hybridized carbons (Fsp3) is 0.481. The van der Waals surface area contributed by atoms with Crippen LogP contribution in [0.15, 0.2) is 59.1 Å². The van der Waals surface area contributed by atoms with Crippen LogP contribution < -0.4 is 0 Å². The molecule has 0 bridgehead atoms. The highest BCUT2D eigenvalue weighted by Gasteiger charge is 2.28. The average Bonchev–Trinajstić information content (AvgIpc) is 3.29. The van der Waals surface area contributed by atoms with Crippen LogP contribution in [0.2, 0.25) is 5.02 Å². The zero-order valence-corrected chi connectivity index (χ0v) is 20.0. The third-order valence-corrected chi connectivity index (χ3v) is 7.26. The number of hydrogen-bond acceptors (Lipinski definition) is 4. The second-order valence-corrected chi connectivity index (χ2v) is 9.83. The lowest BCUT2D eigenvalue weighted by atomic mass is 9.75. The van der Waals surface area contributed by atoms with Crippen LogP contribution in [0.25, 0.3) is 11.4 Å². The summed E-state index contributed by atoms with van der Waals surface area (Å²) in [5.41, 5.74) is 2.39. The lowest BCUT2D eigenvalue weighted by Crippen LogP contribution is -2.37. The molecule has 2 aromatic carbocycles. The van der Waals surface area contributed by atoms with Gasteiger partial charge in [-0.25, -0.2) is 0 Å². The van der Waals surface area contributed by atoms with E-state index < -0.39 is 0 Å². The third kappa shape index (κ3) is 6.20. The van der Waals surface area contributed by atoms with Crippen molar-refractivity contribution in [2.45, 2.75) is 57.4 Å². The maximum atomic E-state index is 5.97. The fourth-order valence-electron chi connectivity index (χ4n) is 5.14. The van der Waals surface area contributed by atoms with Crippen molar-refractivity contribution in [2.24, 2.45) is 11.8 Å². The highest BCUT2D eigenvalue weighted by Crippen LogP contribution is 2.35. The van der Waals surface area contributed by atoms with Gasteiger partial charge in [0.25, 0.3) is 0 Å². The van der Waals surface area contributed by atoms with Crippen molar-refractivity contribution in [3.8, 4) is 11.4 Å². The first kappa shape index (κ1) is 23.0. The SMILES string of the molecule is CN(C)C(CCc1ccccc1)C1CCC(CCc2nc(-c3ccc(Cl)cc3)no2)CC1. The van der Waals surface area contributed by atoms with Crippen molar-refractivity contribution in [1.82, 2.24) is 15.0 Å². The first-order valence-electron chi connectivity index (χ1n) is 11.9. The van der Waals surface area contributed by atoms with Gasteiger partial charge in [-0.15, -0.1) is 0 Å². The Bertz CT molecular complexity index is 947. The monoisotopic (exact) mass is 451 g/mol. The van der Waals surface area contributed by atoms with E-state index >= 15 is 0 Å².